The van der Waals surface area contributed by atoms with Crippen LogP contribution in [0.2, 0.25) is 0 Å². The molecule has 35 nitrogen and oxygen atoms in total. The first-order chi connectivity index (χ1) is 36.7. The van der Waals surface area contributed by atoms with Gasteiger partial charge in [0.25, 0.3) is 0 Å². The lowest BCUT2D eigenvalue weighted by atomic mass is 9.94. The van der Waals surface area contributed by atoms with E-state index >= 15 is 0 Å². The summed E-state index contributed by atoms with van der Waals surface area (Å²) in [5.74, 6) is 0. The number of aliphatic hydroxyl groups is 18. The lowest BCUT2D eigenvalue weighted by Crippen LogP contribution is -2.70. The van der Waals surface area contributed by atoms with Gasteiger partial charge in [-0.25, -0.2) is 0 Å². The van der Waals surface area contributed by atoms with E-state index in [0.29, 0.717) is 0 Å². The largest absolute Gasteiger partial charge is 0.394 e. The standard InChI is InChI=1S/C42H73N3O32/c43-15-18(53)36-64-8(1-46)29(15)71-39-25(60)21(56)33(12(5-50)67-39)75-37-19(54)16(44)31(10(3-48)65-37)73-41-27(62)23(58)35(14(7-52)69-41)77-42-28(63)24(59)34(13(6-51)70-42)76-38-20(55)17(45)30(9(2-47)66-38)72-40-26(61)22(57)32(74-36)11(4-49)68-40/h8-42,46-63H,1-7,43-45H2/t8-,9-,10-,11-,12-,13-,14-,15-,16+,17-,18-,19+,20-,21-,22-,23+,24-,25+,26-,27+,28-,29-,30-,31-,32-,33-,34-,35-,36-,37-,38-,39-,40-,41-,42-/m1/s1. The molecular weight excluding hydrogens is 1060 g/mol. The highest BCUT2D eigenvalue weighted by Crippen LogP contribution is 2.38. The summed E-state index contributed by atoms with van der Waals surface area (Å²) in [6.07, 6.45) is -59.8. The van der Waals surface area contributed by atoms with Crippen LogP contribution in [-0.4, -0.2) is 353 Å². The Balaban J connectivity index is 1.08. The Hall–Kier alpha value is -1.40. The van der Waals surface area contributed by atoms with Crippen molar-refractivity contribution in [2.24, 2.45) is 17.2 Å². The van der Waals surface area contributed by atoms with Crippen molar-refractivity contribution in [3.8, 4) is 0 Å². The molecule has 0 unspecified atom stereocenters. The van der Waals surface area contributed by atoms with Crippen molar-refractivity contribution in [1.82, 2.24) is 0 Å². The van der Waals surface area contributed by atoms with Gasteiger partial charge in [-0.15, -0.1) is 0 Å². The molecule has 24 N–H and O–H groups in total. The first-order valence-corrected chi connectivity index (χ1v) is 24.8. The van der Waals surface area contributed by atoms with E-state index in [2.05, 4.69) is 0 Å². The maximum atomic E-state index is 11.4. The maximum absolute atomic E-state index is 11.4. The molecule has 0 aromatic rings. The van der Waals surface area contributed by atoms with Crippen molar-refractivity contribution in [2.45, 2.75) is 215 Å². The molecule has 0 spiro atoms. The molecule has 0 aromatic carbocycles. The summed E-state index contributed by atoms with van der Waals surface area (Å²) >= 11 is 0. The Bertz CT molecular complexity index is 1480. The predicted molar refractivity (Wildman–Crippen MR) is 234 cm³/mol. The molecule has 0 radical (unpaired) electrons. The molecule has 21 fully saturated rings. The summed E-state index contributed by atoms with van der Waals surface area (Å²) in [6.45, 7) is -6.79. The number of aliphatic hydroxyl groups excluding tert-OH is 18. The van der Waals surface area contributed by atoms with Crippen LogP contribution in [-0.2, 0) is 66.3 Å². The van der Waals surface area contributed by atoms with Gasteiger partial charge in [0.15, 0.2) is 44.0 Å². The second-order valence-electron chi connectivity index (χ2n) is 19.9. The topological polar surface area (TPSA) is 571 Å². The molecular formula is C42H73N3O32. The van der Waals surface area contributed by atoms with Gasteiger partial charge < -0.3 is 175 Å². The molecule has 21 rings (SSSR count). The molecule has 77 heavy (non-hydrogen) atoms. The Kier molecular flexibility index (Phi) is 20.8. The summed E-state index contributed by atoms with van der Waals surface area (Å²) in [5.41, 5.74) is 19.1. The molecule has 0 amide bonds. The number of hydrogen-bond donors (Lipinski definition) is 21. The molecule has 21 aliphatic heterocycles. The van der Waals surface area contributed by atoms with Crippen LogP contribution in [0.15, 0.2) is 0 Å². The second kappa shape index (κ2) is 26.0. The van der Waals surface area contributed by atoms with Crippen LogP contribution in [0.4, 0.5) is 0 Å². The molecule has 35 atom stereocenters. The average molecular weight is 1130 g/mol. The highest BCUT2D eigenvalue weighted by Gasteiger charge is 2.59. The minimum Gasteiger partial charge on any atom is -0.394 e. The molecule has 35 heteroatoms. The predicted octanol–water partition coefficient (Wildman–Crippen LogP) is -15.3. The second-order valence-corrected chi connectivity index (χ2v) is 19.9. The summed E-state index contributed by atoms with van der Waals surface area (Å²) in [5, 5.41) is 198. The molecule has 21 aliphatic rings. The van der Waals surface area contributed by atoms with Gasteiger partial charge in [0, 0.05) is 0 Å². The fraction of sp³-hybridized carbons (Fsp3) is 1.00. The zero-order chi connectivity index (χ0) is 56.1. The van der Waals surface area contributed by atoms with E-state index in [1.54, 1.807) is 0 Å². The first kappa shape index (κ1) is 61.7. The Morgan fingerprint density at radius 2 is 0.338 bits per heavy atom. The summed E-state index contributed by atoms with van der Waals surface area (Å²) in [4.78, 5) is 0. The molecule has 0 aromatic heterocycles. The van der Waals surface area contributed by atoms with Crippen LogP contribution in [0.5, 0.6) is 0 Å². The number of ether oxygens (including phenoxy) is 14. The third kappa shape index (κ3) is 12.1. The van der Waals surface area contributed by atoms with Crippen LogP contribution >= 0.6 is 0 Å². The fourth-order valence-electron chi connectivity index (χ4n) is 10.6. The Morgan fingerprint density at radius 3 is 0.506 bits per heavy atom. The monoisotopic (exact) mass is 1130 g/mol. The van der Waals surface area contributed by atoms with Crippen molar-refractivity contribution in [2.75, 3.05) is 46.2 Å². The molecule has 0 aliphatic carbocycles. The van der Waals surface area contributed by atoms with Crippen molar-refractivity contribution in [3.05, 3.63) is 0 Å². The van der Waals surface area contributed by atoms with Gasteiger partial charge >= 0.3 is 0 Å². The third-order valence-electron chi connectivity index (χ3n) is 15.0. The van der Waals surface area contributed by atoms with E-state index in [-0.39, 0.29) is 0 Å². The highest BCUT2D eigenvalue weighted by molar-refractivity contribution is 5.03. The zero-order valence-electron chi connectivity index (χ0n) is 40.7. The van der Waals surface area contributed by atoms with Crippen LogP contribution in [0.3, 0.4) is 0 Å². The van der Waals surface area contributed by atoms with Crippen LogP contribution < -0.4 is 17.2 Å². The molecule has 448 valence electrons. The maximum Gasteiger partial charge on any atom is 0.187 e. The average Bonchev–Trinajstić information content (AvgIpc) is 3.45. The van der Waals surface area contributed by atoms with Crippen LogP contribution in [0.25, 0.3) is 0 Å². The van der Waals surface area contributed by atoms with E-state index in [1.807, 2.05) is 0 Å². The van der Waals surface area contributed by atoms with E-state index in [4.69, 9.17) is 83.5 Å². The SMILES string of the molecule is N[C@@H]1[C@@H](O)[C@H]2O[C@H]3[C@H](O)[C@@H](O)[C@@H](O[C@H]4[C@H](N)[C@@H](O)[C@@H](O[C@H]5[C@H](O)[C@@H](O)[C@@H](O[C@H]6[C@@H](O)[C@H](O)[C@@H](O[C@H]7[C@@H](N)[C@H](O)[C@@H](O[C@H]8[C@H](O)[C@H](O)[C@@H](O[C@@H]1[C@@H](CO)O2)O[C@@H]8CO)O[C@@H]7CO)O[C@@H]6CO)O[C@@H]5CO)O[C@@H]4CO)O[C@@H]3CO. The van der Waals surface area contributed by atoms with Gasteiger partial charge in [0.2, 0.25) is 0 Å². The lowest BCUT2D eigenvalue weighted by molar-refractivity contribution is -0.389. The van der Waals surface area contributed by atoms with Gasteiger partial charge in [0.05, 0.1) is 64.4 Å². The minimum absolute atomic E-state index is 0.943. The number of hydrogen-bond acceptors (Lipinski definition) is 35. The first-order valence-electron chi connectivity index (χ1n) is 24.8. The van der Waals surface area contributed by atoms with Gasteiger partial charge in [-0.3, -0.25) is 0 Å². The summed E-state index contributed by atoms with van der Waals surface area (Å²) in [6, 6.07) is -4.93. The normalized spacial score (nSPS) is 55.4. The minimum atomic E-state index is -2.15. The Morgan fingerprint density at radius 1 is 0.195 bits per heavy atom. The highest BCUT2D eigenvalue weighted by atomic mass is 16.8. The van der Waals surface area contributed by atoms with E-state index in [9.17, 15) is 91.9 Å². The van der Waals surface area contributed by atoms with Crippen molar-refractivity contribution in [3.63, 3.8) is 0 Å². The quantitative estimate of drug-likeness (QED) is 0.113. The number of rotatable bonds is 7. The van der Waals surface area contributed by atoms with Gasteiger partial charge in [-0.05, 0) is 0 Å². The summed E-state index contributed by atoms with van der Waals surface area (Å²) in [7, 11) is 0. The van der Waals surface area contributed by atoms with Gasteiger partial charge in [0.1, 0.15) is 153 Å². The van der Waals surface area contributed by atoms with Gasteiger partial charge in [-0.2, -0.15) is 0 Å². The van der Waals surface area contributed by atoms with Crippen molar-refractivity contribution in [1.29, 1.82) is 0 Å². The van der Waals surface area contributed by atoms with Crippen LogP contribution in [0.1, 0.15) is 0 Å². The van der Waals surface area contributed by atoms with E-state index in [1.165, 1.54) is 0 Å². The molecule has 21 saturated heterocycles. The van der Waals surface area contributed by atoms with Crippen molar-refractivity contribution < 1.29 is 158 Å². The summed E-state index contributed by atoms with van der Waals surface area (Å²) < 4.78 is 80.9. The fourth-order valence-corrected chi connectivity index (χ4v) is 10.6. The smallest absolute Gasteiger partial charge is 0.187 e. The van der Waals surface area contributed by atoms with Crippen LogP contribution in [0, 0.1) is 0 Å². The lowest BCUT2D eigenvalue weighted by Gasteiger charge is -2.50. The third-order valence-corrected chi connectivity index (χ3v) is 15.0. The van der Waals surface area contributed by atoms with E-state index < -0.39 is 261 Å². The molecule has 0 saturated carbocycles. The number of nitrogens with two attached hydrogens (primary N) is 3. The zero-order valence-corrected chi connectivity index (χ0v) is 40.7. The van der Waals surface area contributed by atoms with E-state index in [0.717, 1.165) is 0 Å². The Labute approximate surface area is 436 Å². The molecule has 14 bridgehead atoms. The van der Waals surface area contributed by atoms with Crippen molar-refractivity contribution >= 4 is 0 Å². The van der Waals surface area contributed by atoms with Gasteiger partial charge in [-0.1, -0.05) is 0 Å². The molecule has 21 heterocycles.